The largest absolute Gasteiger partial charge is 0.493 e. The number of urea groups is 1. The van der Waals surface area contributed by atoms with E-state index in [0.717, 1.165) is 12.8 Å². The van der Waals surface area contributed by atoms with Gasteiger partial charge in [-0.2, -0.15) is 0 Å². The van der Waals surface area contributed by atoms with E-state index >= 15 is 0 Å². The average Bonchev–Trinajstić information content (AvgIpc) is 3.52. The first-order valence-corrected chi connectivity index (χ1v) is 10.8. The number of benzene rings is 1. The van der Waals surface area contributed by atoms with Crippen LogP contribution in [0.25, 0.3) is 5.76 Å². The molecule has 32 heavy (non-hydrogen) atoms. The van der Waals surface area contributed by atoms with Gasteiger partial charge in [0.25, 0.3) is 0 Å². The van der Waals surface area contributed by atoms with E-state index in [1.54, 1.807) is 18.2 Å². The standard InChI is InChI=1S/C23H27ClFN3O4/c1-4-5-10-31-14(2)16-7-8-18(25)21(22(16)32-13-30-3)17-11-19(17)27-23(29)28-20-9-6-15(24)12-26-20/h6-9,12,17,19H,2,4-5,10-11,13H2,1,3H3,(H2,26,27,28,29)/t17-,19+/m0/s1. The van der Waals surface area contributed by atoms with Gasteiger partial charge in [-0.3, -0.25) is 5.32 Å². The molecule has 2 atom stereocenters. The van der Waals surface area contributed by atoms with E-state index in [1.165, 1.54) is 19.4 Å². The highest BCUT2D eigenvalue weighted by Crippen LogP contribution is 2.48. The van der Waals surface area contributed by atoms with Crippen molar-refractivity contribution in [3.63, 3.8) is 0 Å². The van der Waals surface area contributed by atoms with Gasteiger partial charge in [-0.15, -0.1) is 0 Å². The Kier molecular flexibility index (Phi) is 8.30. The Hall–Kier alpha value is -2.84. The summed E-state index contributed by atoms with van der Waals surface area (Å²) in [5, 5.41) is 5.94. The summed E-state index contributed by atoms with van der Waals surface area (Å²) in [6.07, 6.45) is 3.87. The highest BCUT2D eigenvalue weighted by Gasteiger charge is 2.44. The van der Waals surface area contributed by atoms with Gasteiger partial charge in [0.1, 0.15) is 23.1 Å². The first kappa shape index (κ1) is 23.8. The van der Waals surface area contributed by atoms with Crippen LogP contribution in [0.2, 0.25) is 5.02 Å². The van der Waals surface area contributed by atoms with Gasteiger partial charge in [0.2, 0.25) is 0 Å². The fraction of sp³-hybridized carbons (Fsp3) is 0.391. The predicted molar refractivity (Wildman–Crippen MR) is 121 cm³/mol. The zero-order valence-electron chi connectivity index (χ0n) is 18.1. The monoisotopic (exact) mass is 463 g/mol. The molecule has 1 aliphatic rings. The summed E-state index contributed by atoms with van der Waals surface area (Å²) in [7, 11) is 1.49. The van der Waals surface area contributed by atoms with Crippen molar-refractivity contribution in [2.75, 3.05) is 25.8 Å². The smallest absolute Gasteiger partial charge is 0.320 e. The number of unbranched alkanes of at least 4 members (excludes halogenated alkanes) is 1. The van der Waals surface area contributed by atoms with Gasteiger partial charge in [-0.1, -0.05) is 31.5 Å². The lowest BCUT2D eigenvalue weighted by molar-refractivity contribution is 0.0496. The number of nitrogens with one attached hydrogen (secondary N) is 2. The van der Waals surface area contributed by atoms with E-state index in [0.29, 0.717) is 46.5 Å². The van der Waals surface area contributed by atoms with Crippen LogP contribution in [0.4, 0.5) is 15.0 Å². The van der Waals surface area contributed by atoms with E-state index in [2.05, 4.69) is 29.1 Å². The van der Waals surface area contributed by atoms with Crippen LogP contribution in [-0.4, -0.2) is 37.6 Å². The van der Waals surface area contributed by atoms with Crippen LogP contribution in [0.5, 0.6) is 5.75 Å². The number of rotatable bonds is 11. The maximum Gasteiger partial charge on any atom is 0.320 e. The van der Waals surface area contributed by atoms with Crippen molar-refractivity contribution in [3.8, 4) is 5.75 Å². The van der Waals surface area contributed by atoms with Crippen LogP contribution in [0.1, 0.15) is 43.2 Å². The zero-order valence-corrected chi connectivity index (χ0v) is 18.9. The lowest BCUT2D eigenvalue weighted by Crippen LogP contribution is -2.31. The zero-order chi connectivity index (χ0) is 23.1. The van der Waals surface area contributed by atoms with Gasteiger partial charge in [0, 0.05) is 30.8 Å². The van der Waals surface area contributed by atoms with Crippen LogP contribution >= 0.6 is 11.6 Å². The van der Waals surface area contributed by atoms with Crippen molar-refractivity contribution in [2.45, 2.75) is 38.1 Å². The minimum Gasteiger partial charge on any atom is -0.493 e. The summed E-state index contributed by atoms with van der Waals surface area (Å²) in [5.74, 6) is 0.413. The first-order chi connectivity index (χ1) is 15.4. The quantitative estimate of drug-likeness (QED) is 0.268. The Balaban J connectivity index is 1.73. The number of amides is 2. The number of aromatic nitrogens is 1. The minimum atomic E-state index is -0.435. The number of halogens is 2. The molecule has 0 radical (unpaired) electrons. The number of ether oxygens (including phenoxy) is 3. The van der Waals surface area contributed by atoms with Gasteiger partial charge in [0.15, 0.2) is 6.79 Å². The Bertz CT molecular complexity index is 955. The highest BCUT2D eigenvalue weighted by molar-refractivity contribution is 6.30. The topological polar surface area (TPSA) is 81.7 Å². The van der Waals surface area contributed by atoms with Gasteiger partial charge >= 0.3 is 6.03 Å². The van der Waals surface area contributed by atoms with Crippen molar-refractivity contribution in [1.29, 1.82) is 0 Å². The molecular weight excluding hydrogens is 437 g/mol. The second kappa shape index (κ2) is 11.2. The molecule has 172 valence electrons. The number of nitrogens with zero attached hydrogens (tertiary/aromatic N) is 1. The number of carbonyl (C=O) groups excluding carboxylic acids is 1. The van der Waals surface area contributed by atoms with Crippen molar-refractivity contribution >= 4 is 29.2 Å². The second-order valence-electron chi connectivity index (χ2n) is 7.42. The molecule has 7 nitrogen and oxygen atoms in total. The Morgan fingerprint density at radius 1 is 1.34 bits per heavy atom. The molecule has 1 aromatic carbocycles. The molecule has 2 aromatic rings. The third-order valence-corrected chi connectivity index (χ3v) is 5.21. The molecular formula is C23H27ClFN3O4. The molecule has 0 saturated heterocycles. The molecule has 1 aromatic heterocycles. The van der Waals surface area contributed by atoms with Crippen LogP contribution < -0.4 is 15.4 Å². The predicted octanol–water partition coefficient (Wildman–Crippen LogP) is 5.32. The number of hydrogen-bond donors (Lipinski definition) is 2. The summed E-state index contributed by atoms with van der Waals surface area (Å²) in [5.41, 5.74) is 0.935. The molecule has 1 heterocycles. The first-order valence-electron chi connectivity index (χ1n) is 10.4. The molecule has 1 saturated carbocycles. The Morgan fingerprint density at radius 2 is 2.16 bits per heavy atom. The minimum absolute atomic E-state index is 0.0563. The van der Waals surface area contributed by atoms with E-state index in [4.69, 9.17) is 25.8 Å². The van der Waals surface area contributed by atoms with Crippen molar-refractivity contribution < 1.29 is 23.4 Å². The number of hydrogen-bond acceptors (Lipinski definition) is 5. The van der Waals surface area contributed by atoms with Crippen LogP contribution in [0, 0.1) is 5.82 Å². The number of methoxy groups -OCH3 is 1. The molecule has 0 unspecified atom stereocenters. The van der Waals surface area contributed by atoms with Gasteiger partial charge in [0.05, 0.1) is 17.2 Å². The van der Waals surface area contributed by atoms with Crippen molar-refractivity contribution in [1.82, 2.24) is 10.3 Å². The van der Waals surface area contributed by atoms with Gasteiger partial charge in [-0.25, -0.2) is 14.2 Å². The fourth-order valence-electron chi connectivity index (χ4n) is 3.28. The normalized spacial score (nSPS) is 16.9. The van der Waals surface area contributed by atoms with E-state index < -0.39 is 11.8 Å². The second-order valence-corrected chi connectivity index (χ2v) is 7.86. The molecule has 0 aliphatic heterocycles. The van der Waals surface area contributed by atoms with E-state index in [1.807, 2.05) is 0 Å². The summed E-state index contributed by atoms with van der Waals surface area (Å²) < 4.78 is 31.4. The number of carbonyl (C=O) groups is 1. The lowest BCUT2D eigenvalue weighted by Gasteiger charge is -2.18. The molecule has 2 amide bonds. The summed E-state index contributed by atoms with van der Waals surface area (Å²) in [6, 6.07) is 5.48. The fourth-order valence-corrected chi connectivity index (χ4v) is 3.39. The van der Waals surface area contributed by atoms with Crippen molar-refractivity contribution in [2.24, 2.45) is 0 Å². The van der Waals surface area contributed by atoms with E-state index in [9.17, 15) is 9.18 Å². The Morgan fingerprint density at radius 3 is 2.84 bits per heavy atom. The summed E-state index contributed by atoms with van der Waals surface area (Å²) in [6.45, 7) is 6.49. The number of anilines is 1. The van der Waals surface area contributed by atoms with Crippen LogP contribution in [-0.2, 0) is 9.47 Å². The van der Waals surface area contributed by atoms with Crippen LogP contribution in [0.3, 0.4) is 0 Å². The number of pyridine rings is 1. The molecule has 9 heteroatoms. The van der Waals surface area contributed by atoms with Gasteiger partial charge in [-0.05, 0) is 37.1 Å². The van der Waals surface area contributed by atoms with Crippen LogP contribution in [0.15, 0.2) is 37.0 Å². The average molecular weight is 464 g/mol. The molecule has 1 aliphatic carbocycles. The van der Waals surface area contributed by atoms with Gasteiger partial charge < -0.3 is 19.5 Å². The molecule has 2 N–H and O–H groups in total. The summed E-state index contributed by atoms with van der Waals surface area (Å²) >= 11 is 5.80. The van der Waals surface area contributed by atoms with E-state index in [-0.39, 0.29) is 18.8 Å². The SMILES string of the molecule is C=C(OCCCC)c1ccc(F)c([C@H]2C[C@H]2NC(=O)Nc2ccc(Cl)cn2)c1OCOC. The molecule has 0 spiro atoms. The highest BCUT2D eigenvalue weighted by atomic mass is 35.5. The summed E-state index contributed by atoms with van der Waals surface area (Å²) in [4.78, 5) is 16.3. The van der Waals surface area contributed by atoms with Crippen molar-refractivity contribution in [3.05, 3.63) is 59.0 Å². The maximum absolute atomic E-state index is 14.9. The molecule has 1 fully saturated rings. The maximum atomic E-state index is 14.9. The lowest BCUT2D eigenvalue weighted by atomic mass is 10.0. The molecule has 3 rings (SSSR count). The molecule has 0 bridgehead atoms. The third-order valence-electron chi connectivity index (χ3n) is 4.99. The third kappa shape index (κ3) is 6.11. The Labute approximate surface area is 191 Å².